The molecule has 1 aliphatic heterocycles. The zero-order valence-electron chi connectivity index (χ0n) is 18.8. The van der Waals surface area contributed by atoms with Crippen LogP contribution in [-0.4, -0.2) is 51.5 Å². The van der Waals surface area contributed by atoms with Crippen LogP contribution < -0.4 is 4.90 Å². The Bertz CT molecular complexity index is 1230. The van der Waals surface area contributed by atoms with Crippen molar-refractivity contribution in [2.24, 2.45) is 0 Å². The van der Waals surface area contributed by atoms with E-state index in [1.54, 1.807) is 12.4 Å². The Labute approximate surface area is 194 Å². The first-order valence-corrected chi connectivity index (χ1v) is 11.3. The fourth-order valence-electron chi connectivity index (χ4n) is 4.33. The van der Waals surface area contributed by atoms with Gasteiger partial charge in [-0.15, -0.1) is 0 Å². The Hall–Kier alpha value is -3.93. The molecule has 33 heavy (non-hydrogen) atoms. The summed E-state index contributed by atoms with van der Waals surface area (Å²) >= 11 is 0. The number of piperazine rings is 1. The Kier molecular flexibility index (Phi) is 5.89. The second-order valence-electron chi connectivity index (χ2n) is 8.37. The van der Waals surface area contributed by atoms with Gasteiger partial charge < -0.3 is 14.4 Å². The zero-order chi connectivity index (χ0) is 22.6. The zero-order valence-corrected chi connectivity index (χ0v) is 18.8. The van der Waals surface area contributed by atoms with Crippen LogP contribution in [-0.2, 0) is 6.54 Å². The van der Waals surface area contributed by atoms with E-state index in [0.29, 0.717) is 19.6 Å². The number of rotatable bonds is 5. The molecule has 0 radical (unpaired) electrons. The summed E-state index contributed by atoms with van der Waals surface area (Å²) in [5, 5.41) is 0. The van der Waals surface area contributed by atoms with E-state index >= 15 is 0 Å². The molecule has 3 aromatic heterocycles. The highest BCUT2D eigenvalue weighted by Gasteiger charge is 2.25. The summed E-state index contributed by atoms with van der Waals surface area (Å²) in [5.74, 6) is 1.04. The van der Waals surface area contributed by atoms with Gasteiger partial charge in [-0.2, -0.15) is 0 Å². The maximum atomic E-state index is 13.6. The molecule has 4 heterocycles. The van der Waals surface area contributed by atoms with Gasteiger partial charge >= 0.3 is 0 Å². The van der Waals surface area contributed by atoms with Crippen molar-refractivity contribution in [3.05, 3.63) is 102 Å². The molecule has 4 aromatic rings. The van der Waals surface area contributed by atoms with Gasteiger partial charge in [0.1, 0.15) is 11.5 Å². The fourth-order valence-corrected chi connectivity index (χ4v) is 4.33. The Morgan fingerprint density at radius 3 is 2.36 bits per heavy atom. The van der Waals surface area contributed by atoms with E-state index in [-0.39, 0.29) is 5.91 Å². The molecule has 166 valence electrons. The van der Waals surface area contributed by atoms with Crippen LogP contribution in [0.25, 0.3) is 11.1 Å². The summed E-state index contributed by atoms with van der Waals surface area (Å²) in [4.78, 5) is 26.4. The summed E-state index contributed by atoms with van der Waals surface area (Å²) < 4.78 is 2.09. The molecular formula is C27H27N5O. The Balaban J connectivity index is 1.41. The molecule has 6 nitrogen and oxygen atoms in total. The van der Waals surface area contributed by atoms with Crippen LogP contribution in [0.3, 0.4) is 0 Å². The number of aryl methyl sites for hydroxylation is 1. The van der Waals surface area contributed by atoms with Gasteiger partial charge in [0, 0.05) is 63.1 Å². The molecule has 0 saturated carbocycles. The van der Waals surface area contributed by atoms with Gasteiger partial charge in [0.05, 0.1) is 0 Å². The Morgan fingerprint density at radius 2 is 1.64 bits per heavy atom. The second kappa shape index (κ2) is 9.28. The predicted octanol–water partition coefficient (Wildman–Crippen LogP) is 4.26. The van der Waals surface area contributed by atoms with E-state index in [1.165, 1.54) is 11.1 Å². The SMILES string of the molecule is Cc1ccccc1Cn1cc(-c2ccncc2)cc1C(=O)N1CCN(c2ccccn2)CC1. The predicted molar refractivity (Wildman–Crippen MR) is 130 cm³/mol. The molecule has 0 atom stereocenters. The lowest BCUT2D eigenvalue weighted by atomic mass is 10.1. The number of nitrogens with zero attached hydrogens (tertiary/aromatic N) is 5. The van der Waals surface area contributed by atoms with Crippen LogP contribution in [0.4, 0.5) is 5.82 Å². The average Bonchev–Trinajstić information content (AvgIpc) is 3.30. The van der Waals surface area contributed by atoms with Crippen molar-refractivity contribution in [2.75, 3.05) is 31.1 Å². The van der Waals surface area contributed by atoms with Gasteiger partial charge in [-0.05, 0) is 53.9 Å². The van der Waals surface area contributed by atoms with Gasteiger partial charge in [-0.25, -0.2) is 4.98 Å². The standard InChI is InChI=1S/C27H27N5O/c1-21-6-2-3-7-23(21)19-32-20-24(22-9-12-28-13-10-22)18-25(32)27(33)31-16-14-30(15-17-31)26-8-4-5-11-29-26/h2-13,18,20H,14-17,19H2,1H3. The number of aromatic nitrogens is 3. The summed E-state index contributed by atoms with van der Waals surface area (Å²) in [7, 11) is 0. The highest BCUT2D eigenvalue weighted by Crippen LogP contribution is 2.25. The molecule has 0 spiro atoms. The molecule has 0 N–H and O–H groups in total. The molecule has 1 saturated heterocycles. The van der Waals surface area contributed by atoms with Crippen LogP contribution in [0.5, 0.6) is 0 Å². The number of amides is 1. The third-order valence-electron chi connectivity index (χ3n) is 6.27. The third-order valence-corrected chi connectivity index (χ3v) is 6.27. The molecule has 1 fully saturated rings. The van der Waals surface area contributed by atoms with Gasteiger partial charge in [0.15, 0.2) is 0 Å². The quantitative estimate of drug-likeness (QED) is 0.468. The van der Waals surface area contributed by atoms with E-state index in [2.05, 4.69) is 44.7 Å². The van der Waals surface area contributed by atoms with Gasteiger partial charge in [-0.3, -0.25) is 9.78 Å². The van der Waals surface area contributed by atoms with Crippen molar-refractivity contribution in [3.63, 3.8) is 0 Å². The third kappa shape index (κ3) is 4.51. The first-order valence-electron chi connectivity index (χ1n) is 11.3. The molecule has 5 rings (SSSR count). The van der Waals surface area contributed by atoms with E-state index in [0.717, 1.165) is 35.7 Å². The number of hydrogen-bond donors (Lipinski definition) is 0. The molecule has 1 aliphatic rings. The van der Waals surface area contributed by atoms with Crippen LogP contribution in [0.2, 0.25) is 0 Å². The monoisotopic (exact) mass is 437 g/mol. The molecule has 0 bridgehead atoms. The van der Waals surface area contributed by atoms with Crippen molar-refractivity contribution < 1.29 is 4.79 Å². The van der Waals surface area contributed by atoms with Crippen molar-refractivity contribution in [1.82, 2.24) is 19.4 Å². The lowest BCUT2D eigenvalue weighted by Crippen LogP contribution is -2.49. The summed E-state index contributed by atoms with van der Waals surface area (Å²) in [6.07, 6.45) is 7.46. The molecule has 6 heteroatoms. The lowest BCUT2D eigenvalue weighted by Gasteiger charge is -2.35. The van der Waals surface area contributed by atoms with Crippen LogP contribution in [0.15, 0.2) is 85.5 Å². The van der Waals surface area contributed by atoms with E-state index in [1.807, 2.05) is 59.6 Å². The first kappa shape index (κ1) is 20.9. The molecule has 0 unspecified atom stereocenters. The van der Waals surface area contributed by atoms with Gasteiger partial charge in [0.2, 0.25) is 0 Å². The van der Waals surface area contributed by atoms with Crippen molar-refractivity contribution in [3.8, 4) is 11.1 Å². The topological polar surface area (TPSA) is 54.3 Å². The van der Waals surface area contributed by atoms with Gasteiger partial charge in [-0.1, -0.05) is 30.3 Å². The normalized spacial score (nSPS) is 13.8. The van der Waals surface area contributed by atoms with Crippen LogP contribution >= 0.6 is 0 Å². The Morgan fingerprint density at radius 1 is 0.879 bits per heavy atom. The number of pyridine rings is 2. The minimum Gasteiger partial charge on any atom is -0.353 e. The second-order valence-corrected chi connectivity index (χ2v) is 8.37. The summed E-state index contributed by atoms with van der Waals surface area (Å²) in [5.41, 5.74) is 5.24. The molecular weight excluding hydrogens is 410 g/mol. The van der Waals surface area contributed by atoms with Crippen LogP contribution in [0, 0.1) is 6.92 Å². The van der Waals surface area contributed by atoms with E-state index in [4.69, 9.17) is 0 Å². The largest absolute Gasteiger partial charge is 0.353 e. The minimum absolute atomic E-state index is 0.0737. The molecule has 0 aliphatic carbocycles. The highest BCUT2D eigenvalue weighted by atomic mass is 16.2. The van der Waals surface area contributed by atoms with Crippen molar-refractivity contribution in [2.45, 2.75) is 13.5 Å². The summed E-state index contributed by atoms with van der Waals surface area (Å²) in [6, 6.07) is 20.2. The maximum absolute atomic E-state index is 13.6. The molecule has 1 amide bonds. The van der Waals surface area contributed by atoms with Gasteiger partial charge in [0.25, 0.3) is 5.91 Å². The molecule has 1 aromatic carbocycles. The first-order chi connectivity index (χ1) is 16.2. The van der Waals surface area contributed by atoms with E-state index < -0.39 is 0 Å². The smallest absolute Gasteiger partial charge is 0.270 e. The lowest BCUT2D eigenvalue weighted by molar-refractivity contribution is 0.0736. The number of anilines is 1. The number of hydrogen-bond acceptors (Lipinski definition) is 4. The summed E-state index contributed by atoms with van der Waals surface area (Å²) in [6.45, 7) is 5.68. The minimum atomic E-state index is 0.0737. The highest BCUT2D eigenvalue weighted by molar-refractivity contribution is 5.94. The number of carbonyl (C=O) groups is 1. The van der Waals surface area contributed by atoms with Crippen LogP contribution in [0.1, 0.15) is 21.6 Å². The fraction of sp³-hybridized carbons (Fsp3) is 0.222. The van der Waals surface area contributed by atoms with Crippen molar-refractivity contribution in [1.29, 1.82) is 0 Å². The number of carbonyl (C=O) groups excluding carboxylic acids is 1. The van der Waals surface area contributed by atoms with Crippen molar-refractivity contribution >= 4 is 11.7 Å². The maximum Gasteiger partial charge on any atom is 0.270 e. The van der Waals surface area contributed by atoms with E-state index in [9.17, 15) is 4.79 Å². The number of benzene rings is 1. The average molecular weight is 438 g/mol.